The molecule has 0 bridgehead atoms. The van der Waals surface area contributed by atoms with Crippen LogP contribution < -0.4 is 0 Å². The van der Waals surface area contributed by atoms with Gasteiger partial charge in [-0.1, -0.05) is 6.08 Å². The standard InChI is InChI=1S/C11H16O2/c1-11(7-4-8-13-11)10(12)9-5-2-3-6-9/h5H,2-4,6-8H2,1H3. The van der Waals surface area contributed by atoms with E-state index in [2.05, 4.69) is 6.08 Å². The van der Waals surface area contributed by atoms with Gasteiger partial charge in [0.05, 0.1) is 0 Å². The van der Waals surface area contributed by atoms with Crippen molar-refractivity contribution in [2.45, 2.75) is 44.6 Å². The molecule has 1 heterocycles. The van der Waals surface area contributed by atoms with Gasteiger partial charge in [0.25, 0.3) is 0 Å². The number of carbonyl (C=O) groups is 1. The molecule has 1 aliphatic carbocycles. The van der Waals surface area contributed by atoms with E-state index in [-0.39, 0.29) is 5.78 Å². The van der Waals surface area contributed by atoms with Gasteiger partial charge in [-0.15, -0.1) is 0 Å². The Morgan fingerprint density at radius 3 is 2.92 bits per heavy atom. The molecule has 1 fully saturated rings. The van der Waals surface area contributed by atoms with Gasteiger partial charge in [0.1, 0.15) is 5.60 Å². The largest absolute Gasteiger partial charge is 0.367 e. The minimum atomic E-state index is -0.490. The van der Waals surface area contributed by atoms with Crippen LogP contribution in [0.25, 0.3) is 0 Å². The first-order valence-electron chi connectivity index (χ1n) is 5.10. The fourth-order valence-corrected chi connectivity index (χ4v) is 2.17. The second kappa shape index (κ2) is 3.26. The summed E-state index contributed by atoms with van der Waals surface area (Å²) in [5, 5.41) is 0. The zero-order valence-corrected chi connectivity index (χ0v) is 8.14. The number of ether oxygens (including phenoxy) is 1. The lowest BCUT2D eigenvalue weighted by Gasteiger charge is -2.21. The molecule has 13 heavy (non-hydrogen) atoms. The molecule has 0 spiro atoms. The molecule has 1 atom stereocenters. The van der Waals surface area contributed by atoms with Crippen molar-refractivity contribution in [1.82, 2.24) is 0 Å². The highest BCUT2D eigenvalue weighted by Crippen LogP contribution is 2.32. The van der Waals surface area contributed by atoms with Crippen molar-refractivity contribution in [1.29, 1.82) is 0 Å². The van der Waals surface area contributed by atoms with Crippen LogP contribution in [0.5, 0.6) is 0 Å². The van der Waals surface area contributed by atoms with Crippen LogP contribution in [0.4, 0.5) is 0 Å². The zero-order valence-electron chi connectivity index (χ0n) is 8.14. The molecular weight excluding hydrogens is 164 g/mol. The Bertz CT molecular complexity index is 247. The summed E-state index contributed by atoms with van der Waals surface area (Å²) < 4.78 is 5.52. The summed E-state index contributed by atoms with van der Waals surface area (Å²) in [5.74, 6) is 0.238. The molecule has 0 N–H and O–H groups in total. The summed E-state index contributed by atoms with van der Waals surface area (Å²) in [5.41, 5.74) is 0.514. The Hall–Kier alpha value is -0.630. The number of Topliss-reactive ketones (excluding diaryl/α,β-unsaturated/α-hetero) is 1. The van der Waals surface area contributed by atoms with Crippen LogP contribution >= 0.6 is 0 Å². The Labute approximate surface area is 79.0 Å². The van der Waals surface area contributed by atoms with Gasteiger partial charge in [-0.3, -0.25) is 4.79 Å². The van der Waals surface area contributed by atoms with Crippen LogP contribution in [0, 0.1) is 0 Å². The first-order chi connectivity index (χ1) is 6.22. The maximum atomic E-state index is 12.0. The zero-order chi connectivity index (χ0) is 9.31. The van der Waals surface area contributed by atoms with Gasteiger partial charge in [-0.25, -0.2) is 0 Å². The van der Waals surface area contributed by atoms with E-state index in [0.29, 0.717) is 0 Å². The van der Waals surface area contributed by atoms with Crippen molar-refractivity contribution < 1.29 is 9.53 Å². The van der Waals surface area contributed by atoms with Gasteiger partial charge in [0.2, 0.25) is 0 Å². The Balaban J connectivity index is 2.11. The molecule has 0 aromatic carbocycles. The molecule has 1 unspecified atom stereocenters. The lowest BCUT2D eigenvalue weighted by molar-refractivity contribution is -0.133. The van der Waals surface area contributed by atoms with Gasteiger partial charge in [0.15, 0.2) is 5.78 Å². The minimum Gasteiger partial charge on any atom is -0.367 e. The third-order valence-electron chi connectivity index (χ3n) is 3.03. The molecule has 1 aliphatic heterocycles. The van der Waals surface area contributed by atoms with Crippen LogP contribution in [-0.2, 0) is 9.53 Å². The molecule has 2 heteroatoms. The maximum absolute atomic E-state index is 12.0. The van der Waals surface area contributed by atoms with Crippen LogP contribution in [0.15, 0.2) is 11.6 Å². The summed E-state index contributed by atoms with van der Waals surface area (Å²) in [6, 6.07) is 0. The number of hydrogen-bond acceptors (Lipinski definition) is 2. The first-order valence-corrected chi connectivity index (χ1v) is 5.10. The van der Waals surface area contributed by atoms with Gasteiger partial charge in [0, 0.05) is 6.61 Å². The van der Waals surface area contributed by atoms with Crippen molar-refractivity contribution in [2.75, 3.05) is 6.61 Å². The molecule has 2 aliphatic rings. The van der Waals surface area contributed by atoms with E-state index < -0.39 is 5.60 Å². The predicted molar refractivity (Wildman–Crippen MR) is 50.5 cm³/mol. The number of carbonyl (C=O) groups excluding carboxylic acids is 1. The van der Waals surface area contributed by atoms with Crippen molar-refractivity contribution in [2.24, 2.45) is 0 Å². The Morgan fingerprint density at radius 2 is 2.38 bits per heavy atom. The lowest BCUT2D eigenvalue weighted by Crippen LogP contribution is -2.35. The second-order valence-electron chi connectivity index (χ2n) is 4.13. The molecule has 0 aromatic rings. The van der Waals surface area contributed by atoms with Crippen molar-refractivity contribution >= 4 is 5.78 Å². The van der Waals surface area contributed by atoms with Crippen LogP contribution in [0.1, 0.15) is 39.0 Å². The third kappa shape index (κ3) is 1.55. The molecule has 2 nitrogen and oxygen atoms in total. The van der Waals surface area contributed by atoms with E-state index in [1.54, 1.807) is 0 Å². The van der Waals surface area contributed by atoms with Crippen LogP contribution in [0.3, 0.4) is 0 Å². The normalized spacial score (nSPS) is 33.5. The maximum Gasteiger partial charge on any atom is 0.190 e. The van der Waals surface area contributed by atoms with Crippen LogP contribution in [-0.4, -0.2) is 18.0 Å². The van der Waals surface area contributed by atoms with E-state index in [9.17, 15) is 4.79 Å². The molecule has 0 amide bonds. The van der Waals surface area contributed by atoms with Crippen LogP contribution in [0.2, 0.25) is 0 Å². The number of hydrogen-bond donors (Lipinski definition) is 0. The SMILES string of the molecule is CC1(C(=O)C2=CCCC2)CCCO1. The highest BCUT2D eigenvalue weighted by molar-refractivity contribution is 6.02. The fraction of sp³-hybridized carbons (Fsp3) is 0.727. The third-order valence-corrected chi connectivity index (χ3v) is 3.03. The first kappa shape index (κ1) is 8.95. The van der Waals surface area contributed by atoms with Gasteiger partial charge >= 0.3 is 0 Å². The topological polar surface area (TPSA) is 26.3 Å². The Morgan fingerprint density at radius 1 is 1.54 bits per heavy atom. The quantitative estimate of drug-likeness (QED) is 0.651. The highest BCUT2D eigenvalue weighted by atomic mass is 16.5. The van der Waals surface area contributed by atoms with Gasteiger partial charge in [-0.05, 0) is 44.6 Å². The monoisotopic (exact) mass is 180 g/mol. The molecule has 0 saturated carbocycles. The van der Waals surface area contributed by atoms with Crippen molar-refractivity contribution in [3.05, 3.63) is 11.6 Å². The van der Waals surface area contributed by atoms with E-state index in [4.69, 9.17) is 4.74 Å². The van der Waals surface area contributed by atoms with Crippen molar-refractivity contribution in [3.8, 4) is 0 Å². The van der Waals surface area contributed by atoms with Gasteiger partial charge < -0.3 is 4.74 Å². The van der Waals surface area contributed by atoms with Gasteiger partial charge in [-0.2, -0.15) is 0 Å². The molecular formula is C11H16O2. The highest BCUT2D eigenvalue weighted by Gasteiger charge is 2.39. The smallest absolute Gasteiger partial charge is 0.190 e. The summed E-state index contributed by atoms with van der Waals surface area (Å²) in [6.07, 6.45) is 7.15. The molecule has 2 rings (SSSR count). The average Bonchev–Trinajstić information content (AvgIpc) is 2.73. The molecule has 0 aromatic heterocycles. The summed E-state index contributed by atoms with van der Waals surface area (Å²) in [6.45, 7) is 2.68. The number of ketones is 1. The van der Waals surface area contributed by atoms with E-state index >= 15 is 0 Å². The molecule has 1 saturated heterocycles. The summed E-state index contributed by atoms with van der Waals surface area (Å²) >= 11 is 0. The predicted octanol–water partition coefficient (Wildman–Crippen LogP) is 2.23. The number of allylic oxidation sites excluding steroid dienone is 1. The van der Waals surface area contributed by atoms with E-state index in [1.165, 1.54) is 0 Å². The summed E-state index contributed by atoms with van der Waals surface area (Å²) in [7, 11) is 0. The lowest BCUT2D eigenvalue weighted by atomic mass is 9.91. The fourth-order valence-electron chi connectivity index (χ4n) is 2.17. The van der Waals surface area contributed by atoms with E-state index in [0.717, 1.165) is 44.3 Å². The second-order valence-corrected chi connectivity index (χ2v) is 4.13. The molecule has 0 radical (unpaired) electrons. The van der Waals surface area contributed by atoms with E-state index in [1.807, 2.05) is 6.92 Å². The average molecular weight is 180 g/mol. The minimum absolute atomic E-state index is 0.238. The molecule has 72 valence electrons. The number of rotatable bonds is 2. The Kier molecular flexibility index (Phi) is 2.24. The summed E-state index contributed by atoms with van der Waals surface area (Å²) in [4.78, 5) is 12.0. The van der Waals surface area contributed by atoms with Crippen molar-refractivity contribution in [3.63, 3.8) is 0 Å².